The molecule has 3 aliphatic heterocycles. The number of nitrogens with zero attached hydrogens (tertiary/aromatic N) is 1. The van der Waals surface area contributed by atoms with Crippen molar-refractivity contribution in [3.05, 3.63) is 59.7 Å². The Morgan fingerprint density at radius 1 is 0.583 bits per heavy atom. The highest BCUT2D eigenvalue weighted by atomic mass is 16.7. The lowest BCUT2D eigenvalue weighted by Crippen LogP contribution is -2.41. The summed E-state index contributed by atoms with van der Waals surface area (Å²) in [6, 6.07) is 17.4. The first-order valence-corrected chi connectivity index (χ1v) is 13.1. The molecule has 2 unspecified atom stereocenters. The second-order valence-electron chi connectivity index (χ2n) is 12.6. The minimum Gasteiger partial charge on any atom is -0.399 e. The van der Waals surface area contributed by atoms with Crippen LogP contribution in [0.1, 0.15) is 91.4 Å². The van der Waals surface area contributed by atoms with Gasteiger partial charge in [0, 0.05) is 12.1 Å². The van der Waals surface area contributed by atoms with Crippen molar-refractivity contribution in [3.63, 3.8) is 0 Å². The molecule has 2 aromatic rings. The van der Waals surface area contributed by atoms with E-state index in [2.05, 4.69) is 104 Å². The fourth-order valence-electron chi connectivity index (χ4n) is 5.22. The van der Waals surface area contributed by atoms with Gasteiger partial charge >= 0.3 is 14.2 Å². The number of rotatable bonds is 4. The molecule has 3 aliphatic rings. The molecular formula is C28H38B3NO4. The van der Waals surface area contributed by atoms with Crippen LogP contribution in [0.4, 0.5) is 0 Å². The van der Waals surface area contributed by atoms with E-state index in [4.69, 9.17) is 26.6 Å². The SMILES string of the molecule is [B]N1C(c2ccc(B3OC(C)(C)C(C)(C)O3)cc2)CCC1c1ccc(B2OC(C)(C)C(C)(C)O2)cc1. The first-order chi connectivity index (χ1) is 16.7. The summed E-state index contributed by atoms with van der Waals surface area (Å²) in [7, 11) is 5.98. The molecule has 0 N–H and O–H groups in total. The molecule has 2 aromatic carbocycles. The number of hydrogen-bond acceptors (Lipinski definition) is 5. The van der Waals surface area contributed by atoms with Crippen LogP contribution < -0.4 is 10.9 Å². The average Bonchev–Trinajstić information content (AvgIpc) is 3.36. The maximum absolute atomic E-state index is 6.68. The molecule has 0 aliphatic carbocycles. The van der Waals surface area contributed by atoms with E-state index in [0.717, 1.165) is 23.8 Å². The molecule has 8 heteroatoms. The molecular weight excluding hydrogens is 447 g/mol. The minimum absolute atomic E-state index is 0.171. The van der Waals surface area contributed by atoms with Crippen molar-refractivity contribution in [1.29, 1.82) is 0 Å². The van der Waals surface area contributed by atoms with Gasteiger partial charge in [-0.05, 0) is 90.3 Å². The molecule has 0 spiro atoms. The lowest BCUT2D eigenvalue weighted by molar-refractivity contribution is 0.00578. The Kier molecular flexibility index (Phi) is 6.33. The molecule has 3 fully saturated rings. The molecule has 188 valence electrons. The predicted molar refractivity (Wildman–Crippen MR) is 147 cm³/mol. The molecule has 0 aromatic heterocycles. The van der Waals surface area contributed by atoms with Gasteiger partial charge in [-0.1, -0.05) is 48.5 Å². The van der Waals surface area contributed by atoms with E-state index < -0.39 is 0 Å². The third-order valence-electron chi connectivity index (χ3n) is 9.13. The Morgan fingerprint density at radius 2 is 0.861 bits per heavy atom. The first kappa shape index (κ1) is 26.1. The first-order valence-electron chi connectivity index (χ1n) is 13.1. The van der Waals surface area contributed by atoms with Gasteiger partial charge in [0.05, 0.1) is 22.4 Å². The van der Waals surface area contributed by atoms with Crippen molar-refractivity contribution in [2.24, 2.45) is 0 Å². The molecule has 0 bridgehead atoms. The molecule has 36 heavy (non-hydrogen) atoms. The quantitative estimate of drug-likeness (QED) is 0.607. The van der Waals surface area contributed by atoms with E-state index in [1.54, 1.807) is 0 Å². The van der Waals surface area contributed by atoms with Crippen molar-refractivity contribution in [2.45, 2.75) is 103 Å². The fourth-order valence-corrected chi connectivity index (χ4v) is 5.22. The lowest BCUT2D eigenvalue weighted by Gasteiger charge is -2.32. The van der Waals surface area contributed by atoms with Gasteiger partial charge in [-0.2, -0.15) is 0 Å². The Morgan fingerprint density at radius 3 is 1.14 bits per heavy atom. The summed E-state index contributed by atoms with van der Waals surface area (Å²) in [5.74, 6) is 0. The van der Waals surface area contributed by atoms with E-state index in [-0.39, 0.29) is 48.7 Å². The van der Waals surface area contributed by atoms with Crippen LogP contribution >= 0.6 is 0 Å². The molecule has 2 atom stereocenters. The van der Waals surface area contributed by atoms with Gasteiger partial charge < -0.3 is 23.4 Å². The highest BCUT2D eigenvalue weighted by Crippen LogP contribution is 2.42. The molecule has 0 saturated carbocycles. The van der Waals surface area contributed by atoms with Crippen molar-refractivity contribution < 1.29 is 18.6 Å². The number of hydrogen-bond donors (Lipinski definition) is 0. The largest absolute Gasteiger partial charge is 0.494 e. The van der Waals surface area contributed by atoms with E-state index in [1.165, 1.54) is 11.1 Å². The van der Waals surface area contributed by atoms with Crippen LogP contribution in [0.5, 0.6) is 0 Å². The summed E-state index contributed by atoms with van der Waals surface area (Å²) in [5.41, 5.74) is 3.12. The van der Waals surface area contributed by atoms with E-state index >= 15 is 0 Å². The highest BCUT2D eigenvalue weighted by molar-refractivity contribution is 6.62. The smallest absolute Gasteiger partial charge is 0.399 e. The summed E-state index contributed by atoms with van der Waals surface area (Å²) >= 11 is 0. The Balaban J connectivity index is 1.25. The Bertz CT molecular complexity index is 981. The highest BCUT2D eigenvalue weighted by Gasteiger charge is 2.52. The van der Waals surface area contributed by atoms with Crippen molar-refractivity contribution >= 4 is 33.1 Å². The van der Waals surface area contributed by atoms with Crippen LogP contribution in [0.3, 0.4) is 0 Å². The molecule has 3 heterocycles. The second-order valence-corrected chi connectivity index (χ2v) is 12.6. The Hall–Kier alpha value is -1.57. The zero-order chi connectivity index (χ0) is 26.1. The van der Waals surface area contributed by atoms with Crippen molar-refractivity contribution in [2.75, 3.05) is 0 Å². The molecule has 3 saturated heterocycles. The van der Waals surface area contributed by atoms with Crippen LogP contribution in [0, 0.1) is 0 Å². The third kappa shape index (κ3) is 4.39. The lowest BCUT2D eigenvalue weighted by atomic mass is 9.78. The number of benzene rings is 2. The summed E-state index contributed by atoms with van der Waals surface area (Å²) in [6.45, 7) is 16.6. The van der Waals surface area contributed by atoms with E-state index in [1.807, 2.05) is 4.81 Å². The van der Waals surface area contributed by atoms with Crippen LogP contribution in [0.15, 0.2) is 48.5 Å². The van der Waals surface area contributed by atoms with E-state index in [9.17, 15) is 0 Å². The van der Waals surface area contributed by atoms with Gasteiger partial charge in [0.1, 0.15) is 0 Å². The minimum atomic E-state index is -0.350. The normalized spacial score (nSPS) is 28.7. The maximum atomic E-state index is 6.68. The average molecular weight is 485 g/mol. The molecule has 0 amide bonds. The van der Waals surface area contributed by atoms with Crippen LogP contribution in [-0.2, 0) is 18.6 Å². The van der Waals surface area contributed by atoms with Crippen LogP contribution in [-0.4, -0.2) is 49.4 Å². The standard InChI is InChI=1S/C28H38B3NO4/c1-25(2)26(3,4)34-30(33-25)21-13-9-19(10-14-21)23-17-18-24(32(23)29)20-11-15-22(16-12-20)31-35-27(5,6)28(7,8)36-31/h9-16,23-24H,17-18H2,1-8H3. The zero-order valence-corrected chi connectivity index (χ0v) is 23.0. The van der Waals surface area contributed by atoms with Gasteiger partial charge in [0.25, 0.3) is 0 Å². The van der Waals surface area contributed by atoms with Gasteiger partial charge in [0.2, 0.25) is 0 Å². The van der Waals surface area contributed by atoms with Gasteiger partial charge in [-0.3, -0.25) is 0 Å². The molecule has 5 rings (SSSR count). The molecule has 2 radical (unpaired) electrons. The van der Waals surface area contributed by atoms with Crippen LogP contribution in [0.2, 0.25) is 0 Å². The Labute approximate surface area is 218 Å². The van der Waals surface area contributed by atoms with Crippen molar-refractivity contribution in [3.8, 4) is 0 Å². The molecule has 5 nitrogen and oxygen atoms in total. The van der Waals surface area contributed by atoms with Crippen LogP contribution in [0.25, 0.3) is 0 Å². The van der Waals surface area contributed by atoms with Crippen molar-refractivity contribution in [1.82, 2.24) is 4.81 Å². The topological polar surface area (TPSA) is 40.2 Å². The predicted octanol–water partition coefficient (Wildman–Crippen LogP) is 4.25. The summed E-state index contributed by atoms with van der Waals surface area (Å²) in [6.07, 6.45) is 2.02. The summed E-state index contributed by atoms with van der Waals surface area (Å²) in [5, 5.41) is 0. The zero-order valence-electron chi connectivity index (χ0n) is 23.0. The summed E-state index contributed by atoms with van der Waals surface area (Å²) in [4.78, 5) is 2.01. The monoisotopic (exact) mass is 485 g/mol. The van der Waals surface area contributed by atoms with Gasteiger partial charge in [-0.25, -0.2) is 0 Å². The maximum Gasteiger partial charge on any atom is 0.494 e. The summed E-state index contributed by atoms with van der Waals surface area (Å²) < 4.78 is 24.8. The second kappa shape index (κ2) is 8.74. The third-order valence-corrected chi connectivity index (χ3v) is 9.13. The van der Waals surface area contributed by atoms with E-state index in [0.29, 0.717) is 0 Å². The van der Waals surface area contributed by atoms with Gasteiger partial charge in [-0.15, -0.1) is 0 Å². The fraction of sp³-hybridized carbons (Fsp3) is 0.571. The van der Waals surface area contributed by atoms with Gasteiger partial charge in [0.15, 0.2) is 7.98 Å².